The first-order chi connectivity index (χ1) is 12.1. The highest BCUT2D eigenvalue weighted by molar-refractivity contribution is 6.10. The second kappa shape index (κ2) is 7.05. The Balaban J connectivity index is 2.09. The zero-order valence-corrected chi connectivity index (χ0v) is 14.0. The van der Waals surface area contributed by atoms with E-state index in [1.54, 1.807) is 31.2 Å². The molecule has 0 saturated carbocycles. The number of aryl methyl sites for hydroxylation is 1. The number of nitrogens with one attached hydrogen (secondary N) is 1. The van der Waals surface area contributed by atoms with Gasteiger partial charge in [0.25, 0.3) is 5.91 Å². The van der Waals surface area contributed by atoms with Gasteiger partial charge in [0.05, 0.1) is 11.3 Å². The van der Waals surface area contributed by atoms with Crippen LogP contribution < -0.4 is 5.32 Å². The number of ketones is 1. The van der Waals surface area contributed by atoms with Crippen molar-refractivity contribution in [2.24, 2.45) is 0 Å². The Morgan fingerprint density at radius 3 is 2.08 bits per heavy atom. The number of aromatic nitrogens is 2. The summed E-state index contributed by atoms with van der Waals surface area (Å²) in [5.41, 5.74) is 2.12. The van der Waals surface area contributed by atoms with Crippen LogP contribution in [0.25, 0.3) is 11.3 Å². The molecular weight excluding hydrogens is 314 g/mol. The molecule has 1 N–H and O–H groups in total. The van der Waals surface area contributed by atoms with Crippen LogP contribution in [0.3, 0.4) is 0 Å². The van der Waals surface area contributed by atoms with E-state index in [1.807, 2.05) is 36.4 Å². The van der Waals surface area contributed by atoms with E-state index in [0.717, 1.165) is 5.56 Å². The average molecular weight is 331 g/mol. The van der Waals surface area contributed by atoms with Crippen molar-refractivity contribution in [2.45, 2.75) is 13.8 Å². The van der Waals surface area contributed by atoms with Crippen LogP contribution in [0.2, 0.25) is 0 Å². The van der Waals surface area contributed by atoms with Crippen LogP contribution in [-0.2, 0) is 0 Å². The zero-order valence-electron chi connectivity index (χ0n) is 14.0. The molecule has 1 aromatic heterocycles. The van der Waals surface area contributed by atoms with E-state index < -0.39 is 0 Å². The fourth-order valence-electron chi connectivity index (χ4n) is 2.57. The summed E-state index contributed by atoms with van der Waals surface area (Å²) in [4.78, 5) is 33.4. The Labute approximate surface area is 145 Å². The van der Waals surface area contributed by atoms with E-state index >= 15 is 0 Å². The molecule has 0 fully saturated rings. The van der Waals surface area contributed by atoms with Crippen molar-refractivity contribution in [1.82, 2.24) is 9.97 Å². The molecule has 1 amide bonds. The van der Waals surface area contributed by atoms with Crippen molar-refractivity contribution < 1.29 is 9.59 Å². The fraction of sp³-hybridized carbons (Fsp3) is 0.100. The highest BCUT2D eigenvalue weighted by Gasteiger charge is 2.20. The summed E-state index contributed by atoms with van der Waals surface area (Å²) in [5.74, 6) is 0.183. The summed E-state index contributed by atoms with van der Waals surface area (Å²) in [6.45, 7) is 3.17. The number of amides is 1. The molecule has 5 heteroatoms. The Kier molecular flexibility index (Phi) is 4.66. The number of hydrogen-bond donors (Lipinski definition) is 1. The molecule has 0 radical (unpaired) electrons. The molecule has 0 aliphatic heterocycles. The van der Waals surface area contributed by atoms with Gasteiger partial charge in [-0.15, -0.1) is 0 Å². The van der Waals surface area contributed by atoms with Crippen molar-refractivity contribution in [3.05, 3.63) is 77.6 Å². The fourth-order valence-corrected chi connectivity index (χ4v) is 2.57. The molecule has 124 valence electrons. The van der Waals surface area contributed by atoms with Crippen molar-refractivity contribution in [2.75, 3.05) is 5.32 Å². The molecule has 1 heterocycles. The first-order valence-corrected chi connectivity index (χ1v) is 7.87. The first-order valence-electron chi connectivity index (χ1n) is 7.87. The Morgan fingerprint density at radius 1 is 0.880 bits per heavy atom. The molecule has 0 spiro atoms. The summed E-state index contributed by atoms with van der Waals surface area (Å²) in [5, 5.41) is 2.75. The Bertz CT molecular complexity index is 922. The van der Waals surface area contributed by atoms with Gasteiger partial charge in [-0.05, 0) is 26.0 Å². The molecule has 3 rings (SSSR count). The van der Waals surface area contributed by atoms with Gasteiger partial charge in [0, 0.05) is 11.1 Å². The van der Waals surface area contributed by atoms with Gasteiger partial charge in [-0.2, -0.15) is 0 Å². The summed E-state index contributed by atoms with van der Waals surface area (Å²) in [6, 6.07) is 18.2. The van der Waals surface area contributed by atoms with Gasteiger partial charge in [0.15, 0.2) is 5.78 Å². The van der Waals surface area contributed by atoms with Gasteiger partial charge in [-0.1, -0.05) is 48.5 Å². The molecule has 5 nitrogen and oxygen atoms in total. The number of benzene rings is 2. The molecule has 0 saturated heterocycles. The maximum atomic E-state index is 12.5. The van der Waals surface area contributed by atoms with Gasteiger partial charge >= 0.3 is 0 Å². The van der Waals surface area contributed by atoms with Crippen LogP contribution in [-0.4, -0.2) is 21.7 Å². The van der Waals surface area contributed by atoms with Crippen LogP contribution in [0, 0.1) is 6.92 Å². The highest BCUT2D eigenvalue weighted by Crippen LogP contribution is 2.27. The lowest BCUT2D eigenvalue weighted by atomic mass is 10.0. The summed E-state index contributed by atoms with van der Waals surface area (Å²) >= 11 is 0. The second-order valence-corrected chi connectivity index (χ2v) is 5.59. The number of nitrogens with zero attached hydrogens (tertiary/aromatic N) is 2. The maximum absolute atomic E-state index is 12.5. The third-order valence-corrected chi connectivity index (χ3v) is 3.69. The molecule has 0 bridgehead atoms. The standard InChI is InChI=1S/C20H17N3O2/c1-13(24)17-18(15-9-5-3-6-10-15)21-14(2)22-19(17)23-20(25)16-11-7-4-8-12-16/h3-12H,1-2H3,(H,21,22,23,25). The first kappa shape index (κ1) is 16.5. The average Bonchev–Trinajstić information content (AvgIpc) is 2.62. The number of rotatable bonds is 4. The van der Waals surface area contributed by atoms with Crippen LogP contribution in [0.1, 0.15) is 33.5 Å². The Morgan fingerprint density at radius 2 is 1.48 bits per heavy atom. The molecule has 3 aromatic rings. The normalized spacial score (nSPS) is 10.3. The summed E-state index contributed by atoms with van der Waals surface area (Å²) in [7, 11) is 0. The second-order valence-electron chi connectivity index (χ2n) is 5.59. The van der Waals surface area contributed by atoms with E-state index in [2.05, 4.69) is 15.3 Å². The van der Waals surface area contributed by atoms with Crippen LogP contribution in [0.4, 0.5) is 5.82 Å². The topological polar surface area (TPSA) is 72.0 Å². The molecule has 0 atom stereocenters. The minimum atomic E-state index is -0.319. The predicted molar refractivity (Wildman–Crippen MR) is 96.6 cm³/mol. The van der Waals surface area contributed by atoms with Crippen LogP contribution in [0.15, 0.2) is 60.7 Å². The minimum absolute atomic E-state index is 0.206. The zero-order chi connectivity index (χ0) is 17.8. The van der Waals surface area contributed by atoms with E-state index in [-0.39, 0.29) is 17.5 Å². The largest absolute Gasteiger partial charge is 0.306 e. The van der Waals surface area contributed by atoms with Gasteiger partial charge in [-0.25, -0.2) is 9.97 Å². The quantitative estimate of drug-likeness (QED) is 0.736. The molecule has 0 unspecified atom stereocenters. The number of carbonyl (C=O) groups excluding carboxylic acids is 2. The third-order valence-electron chi connectivity index (χ3n) is 3.69. The van der Waals surface area contributed by atoms with Gasteiger partial charge < -0.3 is 5.32 Å². The van der Waals surface area contributed by atoms with Crippen LogP contribution >= 0.6 is 0 Å². The summed E-state index contributed by atoms with van der Waals surface area (Å²) in [6.07, 6.45) is 0. The van der Waals surface area contributed by atoms with E-state index in [9.17, 15) is 9.59 Å². The van der Waals surface area contributed by atoms with Crippen molar-refractivity contribution in [3.8, 4) is 11.3 Å². The number of carbonyl (C=O) groups is 2. The predicted octanol–water partition coefficient (Wildman–Crippen LogP) is 3.91. The monoisotopic (exact) mass is 331 g/mol. The lowest BCUT2D eigenvalue weighted by Gasteiger charge is -2.13. The number of anilines is 1. The van der Waals surface area contributed by atoms with Crippen molar-refractivity contribution in [1.29, 1.82) is 0 Å². The lowest BCUT2D eigenvalue weighted by Crippen LogP contribution is -2.17. The molecule has 0 aliphatic carbocycles. The van der Waals surface area contributed by atoms with Crippen molar-refractivity contribution in [3.63, 3.8) is 0 Å². The highest BCUT2D eigenvalue weighted by atomic mass is 16.2. The number of hydrogen-bond acceptors (Lipinski definition) is 4. The third kappa shape index (κ3) is 3.61. The van der Waals surface area contributed by atoms with E-state index in [0.29, 0.717) is 22.6 Å². The van der Waals surface area contributed by atoms with Crippen LogP contribution in [0.5, 0.6) is 0 Å². The van der Waals surface area contributed by atoms with Gasteiger partial charge in [-0.3, -0.25) is 9.59 Å². The lowest BCUT2D eigenvalue weighted by molar-refractivity contribution is 0.101. The molecule has 25 heavy (non-hydrogen) atoms. The minimum Gasteiger partial charge on any atom is -0.306 e. The van der Waals surface area contributed by atoms with Gasteiger partial charge in [0.2, 0.25) is 0 Å². The smallest absolute Gasteiger partial charge is 0.256 e. The SMILES string of the molecule is CC(=O)c1c(NC(=O)c2ccccc2)nc(C)nc1-c1ccccc1. The van der Waals surface area contributed by atoms with Crippen molar-refractivity contribution >= 4 is 17.5 Å². The van der Waals surface area contributed by atoms with E-state index in [1.165, 1.54) is 6.92 Å². The summed E-state index contributed by atoms with van der Waals surface area (Å²) < 4.78 is 0. The Hall–Kier alpha value is -3.34. The number of Topliss-reactive ketones (excluding diaryl/α,β-unsaturated/α-hetero) is 1. The van der Waals surface area contributed by atoms with Gasteiger partial charge in [0.1, 0.15) is 11.6 Å². The molecule has 0 aliphatic rings. The molecule has 2 aromatic carbocycles. The molecular formula is C20H17N3O2. The maximum Gasteiger partial charge on any atom is 0.256 e. The van der Waals surface area contributed by atoms with E-state index in [4.69, 9.17) is 0 Å².